The first kappa shape index (κ1) is 16.1. The Balaban J connectivity index is 1.51. The number of nitrogens with one attached hydrogen (secondary N) is 1. The van der Waals surface area contributed by atoms with E-state index in [0.29, 0.717) is 30.2 Å². The second-order valence-electron chi connectivity index (χ2n) is 5.63. The number of likely N-dealkylation sites (N-methyl/N-ethyl adjacent to an activating group) is 1. The molecule has 0 aromatic heterocycles. The van der Waals surface area contributed by atoms with Gasteiger partial charge in [-0.1, -0.05) is 30.3 Å². The third-order valence-corrected chi connectivity index (χ3v) is 3.78. The molecule has 1 aliphatic rings. The molecule has 2 amide bonds. The molecule has 1 N–H and O–H groups in total. The minimum atomic E-state index is -0.332. The number of nitrogens with zero attached hydrogens (tertiary/aromatic N) is 1. The molecule has 0 radical (unpaired) electrons. The first-order valence-corrected chi connectivity index (χ1v) is 7.74. The van der Waals surface area contributed by atoms with Gasteiger partial charge in [0, 0.05) is 19.2 Å². The van der Waals surface area contributed by atoms with Crippen LogP contribution in [0.15, 0.2) is 48.5 Å². The average Bonchev–Trinajstić information content (AvgIpc) is 2.60. The predicted molar refractivity (Wildman–Crippen MR) is 87.6 cm³/mol. The van der Waals surface area contributed by atoms with Gasteiger partial charge >= 0.3 is 6.03 Å². The van der Waals surface area contributed by atoms with Gasteiger partial charge in [-0.3, -0.25) is 0 Å². The lowest BCUT2D eigenvalue weighted by Crippen LogP contribution is -2.45. The second kappa shape index (κ2) is 7.21. The quantitative estimate of drug-likeness (QED) is 0.938. The zero-order chi connectivity index (χ0) is 16.9. The van der Waals surface area contributed by atoms with Crippen LogP contribution in [-0.2, 0) is 6.54 Å². The maximum Gasteiger partial charge on any atom is 0.317 e. The Morgan fingerprint density at radius 1 is 1.21 bits per heavy atom. The number of amides is 2. The van der Waals surface area contributed by atoms with Crippen LogP contribution >= 0.6 is 0 Å². The van der Waals surface area contributed by atoms with E-state index in [1.54, 1.807) is 25.2 Å². The van der Waals surface area contributed by atoms with Crippen LogP contribution in [0.3, 0.4) is 0 Å². The van der Waals surface area contributed by atoms with Crippen molar-refractivity contribution in [3.63, 3.8) is 0 Å². The zero-order valence-corrected chi connectivity index (χ0v) is 13.4. The summed E-state index contributed by atoms with van der Waals surface area (Å²) >= 11 is 0. The number of carbonyl (C=O) groups excluding carboxylic acids is 1. The Hall–Kier alpha value is -2.76. The highest BCUT2D eigenvalue weighted by molar-refractivity contribution is 5.73. The fourth-order valence-corrected chi connectivity index (χ4v) is 2.49. The lowest BCUT2D eigenvalue weighted by atomic mass is 10.2. The van der Waals surface area contributed by atoms with E-state index in [-0.39, 0.29) is 24.5 Å². The standard InChI is InChI=1S/C18H19FN2O3/c1-21(18(22)20-10-13-6-2-3-7-15(13)19)11-14-12-23-16-8-4-5-9-17(16)24-14/h2-9,14H,10-12H2,1H3,(H,20,22)/t14-/m0/s1. The Morgan fingerprint density at radius 3 is 2.71 bits per heavy atom. The largest absolute Gasteiger partial charge is 0.486 e. The highest BCUT2D eigenvalue weighted by Gasteiger charge is 2.23. The third-order valence-electron chi connectivity index (χ3n) is 3.78. The minimum absolute atomic E-state index is 0.140. The maximum absolute atomic E-state index is 13.6. The molecule has 5 nitrogen and oxygen atoms in total. The fourth-order valence-electron chi connectivity index (χ4n) is 2.49. The van der Waals surface area contributed by atoms with E-state index >= 15 is 0 Å². The highest BCUT2D eigenvalue weighted by atomic mass is 19.1. The molecule has 126 valence electrons. The Labute approximate surface area is 140 Å². The lowest BCUT2D eigenvalue weighted by Gasteiger charge is -2.29. The summed E-state index contributed by atoms with van der Waals surface area (Å²) in [7, 11) is 1.67. The van der Waals surface area contributed by atoms with Gasteiger partial charge in [0.25, 0.3) is 0 Å². The molecule has 0 aliphatic carbocycles. The van der Waals surface area contributed by atoms with Crippen molar-refractivity contribution < 1.29 is 18.7 Å². The van der Waals surface area contributed by atoms with Gasteiger partial charge in [-0.05, 0) is 18.2 Å². The molecule has 24 heavy (non-hydrogen) atoms. The van der Waals surface area contributed by atoms with Gasteiger partial charge in [0.2, 0.25) is 0 Å². The molecule has 0 bridgehead atoms. The first-order valence-electron chi connectivity index (χ1n) is 7.74. The zero-order valence-electron chi connectivity index (χ0n) is 13.4. The van der Waals surface area contributed by atoms with E-state index in [2.05, 4.69) is 5.32 Å². The molecule has 1 aliphatic heterocycles. The summed E-state index contributed by atoms with van der Waals surface area (Å²) < 4.78 is 25.0. The third kappa shape index (κ3) is 3.76. The number of fused-ring (bicyclic) bond motifs is 1. The molecule has 1 atom stereocenters. The van der Waals surface area contributed by atoms with Crippen LogP contribution in [0.1, 0.15) is 5.56 Å². The summed E-state index contributed by atoms with van der Waals surface area (Å²) in [6, 6.07) is 13.5. The van der Waals surface area contributed by atoms with Crippen LogP contribution in [0.4, 0.5) is 9.18 Å². The molecule has 2 aromatic carbocycles. The van der Waals surface area contributed by atoms with Crippen molar-refractivity contribution in [3.05, 3.63) is 59.9 Å². The number of hydrogen-bond acceptors (Lipinski definition) is 3. The molecule has 0 saturated carbocycles. The summed E-state index contributed by atoms with van der Waals surface area (Å²) in [5, 5.41) is 2.70. The number of hydrogen-bond donors (Lipinski definition) is 1. The van der Waals surface area contributed by atoms with Gasteiger partial charge in [-0.25, -0.2) is 9.18 Å². The van der Waals surface area contributed by atoms with Gasteiger partial charge in [0.05, 0.1) is 6.54 Å². The number of halogens is 1. The van der Waals surface area contributed by atoms with E-state index in [9.17, 15) is 9.18 Å². The second-order valence-corrected chi connectivity index (χ2v) is 5.63. The molecular formula is C18H19FN2O3. The van der Waals surface area contributed by atoms with E-state index in [1.165, 1.54) is 11.0 Å². The first-order chi connectivity index (χ1) is 11.6. The Morgan fingerprint density at radius 2 is 1.92 bits per heavy atom. The van der Waals surface area contributed by atoms with Crippen LogP contribution in [0.2, 0.25) is 0 Å². The number of para-hydroxylation sites is 2. The number of carbonyl (C=O) groups is 1. The normalized spacial score (nSPS) is 15.7. The monoisotopic (exact) mass is 330 g/mol. The number of urea groups is 1. The molecule has 0 spiro atoms. The fraction of sp³-hybridized carbons (Fsp3) is 0.278. The van der Waals surface area contributed by atoms with Gasteiger partial charge < -0.3 is 19.7 Å². The van der Waals surface area contributed by atoms with Crippen LogP contribution in [0.25, 0.3) is 0 Å². The summed E-state index contributed by atoms with van der Waals surface area (Å²) in [4.78, 5) is 13.6. The summed E-state index contributed by atoms with van der Waals surface area (Å²) in [6.07, 6.45) is -0.246. The van der Waals surface area contributed by atoms with Crippen LogP contribution in [-0.4, -0.2) is 37.2 Å². The predicted octanol–water partition coefficient (Wildman–Crippen LogP) is 2.81. The molecule has 0 fully saturated rings. The van der Waals surface area contributed by atoms with Crippen LogP contribution < -0.4 is 14.8 Å². The summed E-state index contributed by atoms with van der Waals surface area (Å²) in [5.74, 6) is 1.05. The molecular weight excluding hydrogens is 311 g/mol. The van der Waals surface area contributed by atoms with Gasteiger partial charge in [-0.15, -0.1) is 0 Å². The molecule has 1 heterocycles. The van der Waals surface area contributed by atoms with Crippen molar-refractivity contribution in [1.82, 2.24) is 10.2 Å². The van der Waals surface area contributed by atoms with Gasteiger partial charge in [0.1, 0.15) is 12.4 Å². The molecule has 2 aromatic rings. The van der Waals surface area contributed by atoms with Crippen LogP contribution in [0.5, 0.6) is 11.5 Å². The van der Waals surface area contributed by atoms with Gasteiger partial charge in [-0.2, -0.15) is 0 Å². The smallest absolute Gasteiger partial charge is 0.317 e. The topological polar surface area (TPSA) is 50.8 Å². The average molecular weight is 330 g/mol. The van der Waals surface area contributed by atoms with Gasteiger partial charge in [0.15, 0.2) is 17.6 Å². The highest BCUT2D eigenvalue weighted by Crippen LogP contribution is 2.30. The van der Waals surface area contributed by atoms with Crippen molar-refractivity contribution in [3.8, 4) is 11.5 Å². The van der Waals surface area contributed by atoms with Crippen molar-refractivity contribution in [2.24, 2.45) is 0 Å². The minimum Gasteiger partial charge on any atom is -0.486 e. The van der Waals surface area contributed by atoms with Crippen molar-refractivity contribution in [2.75, 3.05) is 20.2 Å². The van der Waals surface area contributed by atoms with Crippen molar-refractivity contribution in [2.45, 2.75) is 12.6 Å². The molecule has 3 rings (SSSR count). The van der Waals surface area contributed by atoms with Crippen molar-refractivity contribution in [1.29, 1.82) is 0 Å². The number of rotatable bonds is 4. The maximum atomic E-state index is 13.6. The SMILES string of the molecule is CN(C[C@H]1COc2ccccc2O1)C(=O)NCc1ccccc1F. The Bertz CT molecular complexity index is 723. The Kier molecular flexibility index (Phi) is 4.84. The molecule has 0 unspecified atom stereocenters. The van der Waals surface area contributed by atoms with Crippen molar-refractivity contribution >= 4 is 6.03 Å². The number of ether oxygens (including phenoxy) is 2. The number of benzene rings is 2. The molecule has 6 heteroatoms. The van der Waals surface area contributed by atoms with E-state index in [4.69, 9.17) is 9.47 Å². The lowest BCUT2D eigenvalue weighted by molar-refractivity contribution is 0.0715. The molecule has 0 saturated heterocycles. The van der Waals surface area contributed by atoms with E-state index in [0.717, 1.165) is 0 Å². The summed E-state index contributed by atoms with van der Waals surface area (Å²) in [5.41, 5.74) is 0.449. The van der Waals surface area contributed by atoms with Crippen LogP contribution in [0, 0.1) is 5.82 Å². The summed E-state index contributed by atoms with van der Waals surface area (Å²) in [6.45, 7) is 0.889. The van der Waals surface area contributed by atoms with E-state index < -0.39 is 0 Å². The van der Waals surface area contributed by atoms with E-state index in [1.807, 2.05) is 24.3 Å².